The molecule has 0 amide bonds. The molecule has 0 rings (SSSR count). The van der Waals surface area contributed by atoms with Gasteiger partial charge in [0.15, 0.2) is 0 Å². The van der Waals surface area contributed by atoms with Gasteiger partial charge < -0.3 is 11.3 Å². The molecule has 0 aromatic heterocycles. The second-order valence-corrected chi connectivity index (χ2v) is 2.07. The fraction of sp³-hybridized carbons (Fsp3) is 0.750. The number of hydrogen-bond donors (Lipinski definition) is 2. The minimum absolute atomic E-state index is 0.125. The summed E-state index contributed by atoms with van der Waals surface area (Å²) < 4.78 is 0. The highest BCUT2D eigenvalue weighted by Crippen LogP contribution is 1.74. The van der Waals surface area contributed by atoms with Gasteiger partial charge in [-0.25, -0.2) is 5.01 Å². The number of rotatable bonds is 3. The predicted octanol–water partition coefficient (Wildman–Crippen LogP) is -1.40. The van der Waals surface area contributed by atoms with Crippen molar-refractivity contribution in [2.24, 2.45) is 10.9 Å². The fourth-order valence-electron chi connectivity index (χ4n) is 0.485. The Labute approximate surface area is 64.0 Å². The van der Waals surface area contributed by atoms with E-state index in [0.717, 1.165) is 0 Å². The van der Waals surface area contributed by atoms with E-state index < -0.39 is 11.5 Å². The van der Waals surface area contributed by atoms with Crippen molar-refractivity contribution in [3.63, 3.8) is 0 Å². The first-order valence-corrected chi connectivity index (χ1v) is 2.88. The first-order valence-electron chi connectivity index (χ1n) is 2.88. The molecule has 0 spiro atoms. The number of nitro groups is 1. The lowest BCUT2D eigenvalue weighted by Crippen LogP contribution is -2.40. The van der Waals surface area contributed by atoms with Gasteiger partial charge in [-0.05, 0) is 0 Å². The van der Waals surface area contributed by atoms with Crippen LogP contribution >= 0.6 is 0 Å². The normalized spacial score (nSPS) is 11.7. The van der Waals surface area contributed by atoms with E-state index >= 15 is 0 Å². The topological polar surface area (TPSA) is 96.8 Å². The zero-order chi connectivity index (χ0) is 8.85. The minimum Gasteiger partial charge on any atom is -0.321 e. The third-order valence-electron chi connectivity index (χ3n) is 0.787. The summed E-state index contributed by atoms with van der Waals surface area (Å²) in [6.45, 7) is -0.394. The first kappa shape index (κ1) is 9.63. The molecule has 64 valence electrons. The van der Waals surface area contributed by atoms with Crippen LogP contribution in [-0.2, 0) is 0 Å². The Morgan fingerprint density at radius 1 is 1.82 bits per heavy atom. The highest BCUT2D eigenvalue weighted by Gasteiger charge is 2.06. The smallest absolute Gasteiger partial charge is 0.263 e. The van der Waals surface area contributed by atoms with Gasteiger partial charge in [-0.2, -0.15) is 5.10 Å². The van der Waals surface area contributed by atoms with E-state index in [1.54, 1.807) is 14.1 Å². The van der Waals surface area contributed by atoms with E-state index in [1.807, 2.05) is 0 Å². The quantitative estimate of drug-likeness (QED) is 0.174. The van der Waals surface area contributed by atoms with Crippen LogP contribution < -0.4 is 11.3 Å². The Hall–Kier alpha value is -1.37. The van der Waals surface area contributed by atoms with Crippen molar-refractivity contribution in [1.29, 1.82) is 0 Å². The molecule has 3 N–H and O–H groups in total. The SMILES string of the molecule is CN(C)NC(C[N+](=O)[O-])=NN. The monoisotopic (exact) mass is 161 g/mol. The average molecular weight is 161 g/mol. The van der Waals surface area contributed by atoms with Crippen molar-refractivity contribution in [2.45, 2.75) is 0 Å². The molecule has 0 aromatic rings. The Balaban J connectivity index is 3.88. The zero-order valence-corrected chi connectivity index (χ0v) is 6.44. The first-order chi connectivity index (χ1) is 5.06. The summed E-state index contributed by atoms with van der Waals surface area (Å²) in [6, 6.07) is 0. The van der Waals surface area contributed by atoms with Gasteiger partial charge in [-0.3, -0.25) is 10.1 Å². The molecule has 0 aliphatic heterocycles. The highest BCUT2D eigenvalue weighted by molar-refractivity contribution is 5.82. The van der Waals surface area contributed by atoms with E-state index in [0.29, 0.717) is 0 Å². The number of amidine groups is 1. The van der Waals surface area contributed by atoms with E-state index in [-0.39, 0.29) is 5.84 Å². The van der Waals surface area contributed by atoms with E-state index in [9.17, 15) is 10.1 Å². The van der Waals surface area contributed by atoms with Crippen molar-refractivity contribution in [3.8, 4) is 0 Å². The number of nitrogens with one attached hydrogen (secondary N) is 1. The van der Waals surface area contributed by atoms with Gasteiger partial charge in [-0.15, -0.1) is 0 Å². The van der Waals surface area contributed by atoms with Gasteiger partial charge >= 0.3 is 0 Å². The van der Waals surface area contributed by atoms with Crippen LogP contribution in [0.3, 0.4) is 0 Å². The molecule has 11 heavy (non-hydrogen) atoms. The maximum atomic E-state index is 9.96. The number of nitrogens with zero attached hydrogens (tertiary/aromatic N) is 3. The lowest BCUT2D eigenvalue weighted by atomic mass is 10.6. The molecule has 0 saturated heterocycles. The van der Waals surface area contributed by atoms with E-state index in [4.69, 9.17) is 5.84 Å². The molecule has 0 aliphatic carbocycles. The van der Waals surface area contributed by atoms with Crippen LogP contribution in [0.5, 0.6) is 0 Å². The summed E-state index contributed by atoms with van der Waals surface area (Å²) in [5.74, 6) is 4.99. The molecule has 0 bridgehead atoms. The molecule has 7 nitrogen and oxygen atoms in total. The Morgan fingerprint density at radius 3 is 2.64 bits per heavy atom. The van der Waals surface area contributed by atoms with Crippen LogP contribution in [-0.4, -0.2) is 36.4 Å². The van der Waals surface area contributed by atoms with Crippen molar-refractivity contribution in [3.05, 3.63) is 10.1 Å². The van der Waals surface area contributed by atoms with Gasteiger partial charge in [0, 0.05) is 19.0 Å². The molecule has 0 aromatic carbocycles. The summed E-state index contributed by atoms with van der Waals surface area (Å²) in [4.78, 5) is 9.45. The average Bonchev–Trinajstić information content (AvgIpc) is 1.84. The summed E-state index contributed by atoms with van der Waals surface area (Å²) in [7, 11) is 3.37. The van der Waals surface area contributed by atoms with Crippen LogP contribution in [0.2, 0.25) is 0 Å². The maximum absolute atomic E-state index is 9.96. The van der Waals surface area contributed by atoms with Crippen molar-refractivity contribution in [1.82, 2.24) is 10.4 Å². The second-order valence-electron chi connectivity index (χ2n) is 2.07. The maximum Gasteiger partial charge on any atom is 0.263 e. The van der Waals surface area contributed by atoms with Crippen molar-refractivity contribution >= 4 is 5.84 Å². The van der Waals surface area contributed by atoms with Crippen LogP contribution in [0.4, 0.5) is 0 Å². The molecular weight excluding hydrogens is 150 g/mol. The highest BCUT2D eigenvalue weighted by atomic mass is 16.6. The summed E-state index contributed by atoms with van der Waals surface area (Å²) >= 11 is 0. The number of hydrazone groups is 1. The lowest BCUT2D eigenvalue weighted by Gasteiger charge is -2.11. The van der Waals surface area contributed by atoms with Gasteiger partial charge in [-0.1, -0.05) is 0 Å². The fourth-order valence-corrected chi connectivity index (χ4v) is 0.485. The Morgan fingerprint density at radius 2 is 2.36 bits per heavy atom. The molecule has 0 atom stereocenters. The molecule has 0 saturated carbocycles. The molecule has 0 radical (unpaired) electrons. The summed E-state index contributed by atoms with van der Waals surface area (Å²) in [5.41, 5.74) is 2.58. The van der Waals surface area contributed by atoms with Gasteiger partial charge in [0.1, 0.15) is 0 Å². The predicted molar refractivity (Wildman–Crippen MR) is 40.3 cm³/mol. The van der Waals surface area contributed by atoms with E-state index in [2.05, 4.69) is 10.5 Å². The van der Waals surface area contributed by atoms with Gasteiger partial charge in [0.2, 0.25) is 5.84 Å². The van der Waals surface area contributed by atoms with Crippen molar-refractivity contribution in [2.75, 3.05) is 20.6 Å². The van der Waals surface area contributed by atoms with Gasteiger partial charge in [0.05, 0.1) is 0 Å². The van der Waals surface area contributed by atoms with Crippen LogP contribution in [0, 0.1) is 10.1 Å². The largest absolute Gasteiger partial charge is 0.321 e. The third-order valence-corrected chi connectivity index (χ3v) is 0.787. The number of hydrazine groups is 1. The Bertz CT molecular complexity index is 166. The van der Waals surface area contributed by atoms with Gasteiger partial charge in [0.25, 0.3) is 6.54 Å². The lowest BCUT2D eigenvalue weighted by molar-refractivity contribution is -0.463. The second kappa shape index (κ2) is 4.45. The molecule has 0 fully saturated rings. The minimum atomic E-state index is -0.512. The summed E-state index contributed by atoms with van der Waals surface area (Å²) in [6.07, 6.45) is 0. The molecular formula is C4H11N5O2. The summed E-state index contributed by atoms with van der Waals surface area (Å²) in [5, 5.41) is 14.7. The standard InChI is InChI=1S/C4H11N5O2/c1-8(2)7-4(6-5)3-9(10)11/h3,5H2,1-2H3,(H,6,7). The number of nitrogens with two attached hydrogens (primary N) is 1. The third kappa shape index (κ3) is 5.09. The molecule has 0 heterocycles. The zero-order valence-electron chi connectivity index (χ0n) is 6.44. The molecule has 7 heteroatoms. The van der Waals surface area contributed by atoms with Crippen LogP contribution in [0.15, 0.2) is 5.10 Å². The molecule has 0 aliphatic rings. The number of hydrogen-bond acceptors (Lipinski definition) is 5. The van der Waals surface area contributed by atoms with Crippen LogP contribution in [0.1, 0.15) is 0 Å². The Kier molecular flexibility index (Phi) is 3.89. The van der Waals surface area contributed by atoms with Crippen LogP contribution in [0.25, 0.3) is 0 Å². The van der Waals surface area contributed by atoms with Crippen molar-refractivity contribution < 1.29 is 4.92 Å². The molecule has 0 unspecified atom stereocenters. The van der Waals surface area contributed by atoms with E-state index in [1.165, 1.54) is 5.01 Å².